The molecule has 2 heterocycles. The maximum absolute atomic E-state index is 6.26. The van der Waals surface area contributed by atoms with Gasteiger partial charge in [0.05, 0.1) is 5.54 Å². The predicted molar refractivity (Wildman–Crippen MR) is 57.2 cm³/mol. The van der Waals surface area contributed by atoms with Gasteiger partial charge in [0.1, 0.15) is 0 Å². The van der Waals surface area contributed by atoms with Crippen molar-refractivity contribution in [3.63, 3.8) is 0 Å². The summed E-state index contributed by atoms with van der Waals surface area (Å²) in [4.78, 5) is 0. The van der Waals surface area contributed by atoms with Gasteiger partial charge in [-0.05, 0) is 43.5 Å². The molecule has 0 spiro atoms. The molecule has 0 aromatic carbocycles. The third-order valence-electron chi connectivity index (χ3n) is 3.13. The molecule has 2 N–H and O–H groups in total. The van der Waals surface area contributed by atoms with E-state index in [9.17, 15) is 0 Å². The van der Waals surface area contributed by atoms with Crippen LogP contribution in [0, 0.1) is 6.92 Å². The summed E-state index contributed by atoms with van der Waals surface area (Å²) < 4.78 is 2.22. The first-order valence-corrected chi connectivity index (χ1v) is 5.07. The molecule has 0 radical (unpaired) electrons. The highest BCUT2D eigenvalue weighted by Gasteiger charge is 2.43. The Balaban J connectivity index is 2.36. The zero-order valence-electron chi connectivity index (χ0n) is 8.33. The molecular formula is C12H14N2. The van der Waals surface area contributed by atoms with Crippen molar-refractivity contribution in [1.29, 1.82) is 0 Å². The SMILES string of the molecule is Cc1cc2ccccn2c1C1(N)CC1. The van der Waals surface area contributed by atoms with Gasteiger partial charge in [-0.1, -0.05) is 6.07 Å². The van der Waals surface area contributed by atoms with Crippen LogP contribution in [-0.4, -0.2) is 4.40 Å². The topological polar surface area (TPSA) is 30.4 Å². The van der Waals surface area contributed by atoms with Gasteiger partial charge in [0.25, 0.3) is 0 Å². The molecule has 2 nitrogen and oxygen atoms in total. The van der Waals surface area contributed by atoms with Crippen LogP contribution >= 0.6 is 0 Å². The molecule has 1 aliphatic rings. The first kappa shape index (κ1) is 8.06. The van der Waals surface area contributed by atoms with Crippen LogP contribution < -0.4 is 5.73 Å². The Labute approximate surface area is 83.3 Å². The maximum atomic E-state index is 6.26. The van der Waals surface area contributed by atoms with Crippen LogP contribution in [0.5, 0.6) is 0 Å². The molecule has 2 aromatic heterocycles. The van der Waals surface area contributed by atoms with Crippen LogP contribution in [0.1, 0.15) is 24.1 Å². The van der Waals surface area contributed by atoms with Crippen molar-refractivity contribution >= 4 is 5.52 Å². The molecule has 3 rings (SSSR count). The Hall–Kier alpha value is -1.28. The van der Waals surface area contributed by atoms with E-state index >= 15 is 0 Å². The van der Waals surface area contributed by atoms with Gasteiger partial charge in [-0.2, -0.15) is 0 Å². The lowest BCUT2D eigenvalue weighted by molar-refractivity contribution is 0.693. The molecule has 0 aliphatic heterocycles. The van der Waals surface area contributed by atoms with Crippen LogP contribution in [0.4, 0.5) is 0 Å². The fourth-order valence-electron chi connectivity index (χ4n) is 2.26. The van der Waals surface area contributed by atoms with Crippen molar-refractivity contribution in [3.05, 3.63) is 41.7 Å². The second kappa shape index (κ2) is 2.39. The van der Waals surface area contributed by atoms with Crippen molar-refractivity contribution < 1.29 is 0 Å². The molecule has 0 atom stereocenters. The van der Waals surface area contributed by atoms with Gasteiger partial charge in [0.15, 0.2) is 0 Å². The third kappa shape index (κ3) is 0.946. The lowest BCUT2D eigenvalue weighted by atomic mass is 10.1. The zero-order valence-corrected chi connectivity index (χ0v) is 8.33. The summed E-state index contributed by atoms with van der Waals surface area (Å²) in [6.45, 7) is 2.15. The van der Waals surface area contributed by atoms with Crippen molar-refractivity contribution in [2.75, 3.05) is 0 Å². The summed E-state index contributed by atoms with van der Waals surface area (Å²) in [5.41, 5.74) is 10.1. The Morgan fingerprint density at radius 3 is 2.86 bits per heavy atom. The molecular weight excluding hydrogens is 172 g/mol. The van der Waals surface area contributed by atoms with Crippen LogP contribution in [0.15, 0.2) is 30.5 Å². The highest BCUT2D eigenvalue weighted by molar-refractivity contribution is 5.55. The molecule has 1 aliphatic carbocycles. The number of aromatic nitrogens is 1. The fraction of sp³-hybridized carbons (Fsp3) is 0.333. The molecule has 2 heteroatoms. The van der Waals surface area contributed by atoms with Crippen LogP contribution in [0.2, 0.25) is 0 Å². The lowest BCUT2D eigenvalue weighted by Crippen LogP contribution is -2.21. The van der Waals surface area contributed by atoms with Gasteiger partial charge in [-0.3, -0.25) is 0 Å². The molecule has 0 bridgehead atoms. The predicted octanol–water partition coefficient (Wildman–Crippen LogP) is 2.20. The number of nitrogens with two attached hydrogens (primary N) is 1. The molecule has 0 saturated heterocycles. The van der Waals surface area contributed by atoms with Gasteiger partial charge in [0.2, 0.25) is 0 Å². The minimum Gasteiger partial charge on any atom is -0.320 e. The molecule has 0 unspecified atom stereocenters. The number of rotatable bonds is 1. The van der Waals surface area contributed by atoms with Gasteiger partial charge in [-0.25, -0.2) is 0 Å². The van der Waals surface area contributed by atoms with E-state index in [0.29, 0.717) is 0 Å². The number of fused-ring (bicyclic) bond motifs is 1. The number of hydrogen-bond acceptors (Lipinski definition) is 1. The number of nitrogens with zero attached hydrogens (tertiary/aromatic N) is 1. The first-order valence-electron chi connectivity index (χ1n) is 5.07. The van der Waals surface area contributed by atoms with E-state index in [1.54, 1.807) is 0 Å². The number of pyridine rings is 1. The quantitative estimate of drug-likeness (QED) is 0.727. The molecule has 1 saturated carbocycles. The summed E-state index contributed by atoms with van der Waals surface area (Å²) in [5.74, 6) is 0. The van der Waals surface area contributed by atoms with E-state index < -0.39 is 0 Å². The first-order chi connectivity index (χ1) is 6.71. The Morgan fingerprint density at radius 1 is 1.36 bits per heavy atom. The summed E-state index contributed by atoms with van der Waals surface area (Å²) in [7, 11) is 0. The monoisotopic (exact) mass is 186 g/mol. The van der Waals surface area contributed by atoms with E-state index in [-0.39, 0.29) is 5.54 Å². The second-order valence-electron chi connectivity index (χ2n) is 4.33. The summed E-state index contributed by atoms with van der Waals surface area (Å²) in [6, 6.07) is 8.46. The number of aryl methyl sites for hydroxylation is 1. The van der Waals surface area contributed by atoms with Crippen LogP contribution in [-0.2, 0) is 5.54 Å². The van der Waals surface area contributed by atoms with E-state index in [0.717, 1.165) is 12.8 Å². The average Bonchev–Trinajstić information content (AvgIpc) is 2.79. The van der Waals surface area contributed by atoms with Crippen molar-refractivity contribution in [1.82, 2.24) is 4.40 Å². The van der Waals surface area contributed by atoms with Gasteiger partial charge >= 0.3 is 0 Å². The standard InChI is InChI=1S/C12H14N2/c1-9-8-10-4-2-3-7-14(10)11(9)12(13)5-6-12/h2-4,7-8H,5-6,13H2,1H3. The summed E-state index contributed by atoms with van der Waals surface area (Å²) in [6.07, 6.45) is 4.34. The molecule has 2 aromatic rings. The van der Waals surface area contributed by atoms with Crippen LogP contribution in [0.3, 0.4) is 0 Å². The van der Waals surface area contributed by atoms with Crippen LogP contribution in [0.25, 0.3) is 5.52 Å². The Kier molecular flexibility index (Phi) is 1.38. The Morgan fingerprint density at radius 2 is 2.14 bits per heavy atom. The van der Waals surface area contributed by atoms with E-state index in [1.807, 2.05) is 0 Å². The largest absolute Gasteiger partial charge is 0.320 e. The second-order valence-corrected chi connectivity index (χ2v) is 4.33. The van der Waals surface area contributed by atoms with Crippen molar-refractivity contribution in [2.24, 2.45) is 5.73 Å². The van der Waals surface area contributed by atoms with E-state index in [2.05, 4.69) is 41.8 Å². The molecule has 1 fully saturated rings. The maximum Gasteiger partial charge on any atom is 0.0571 e. The molecule has 0 amide bonds. The molecule has 72 valence electrons. The highest BCUT2D eigenvalue weighted by Crippen LogP contribution is 2.44. The summed E-state index contributed by atoms with van der Waals surface area (Å²) >= 11 is 0. The highest BCUT2D eigenvalue weighted by atomic mass is 15.0. The van der Waals surface area contributed by atoms with Gasteiger partial charge < -0.3 is 10.1 Å². The van der Waals surface area contributed by atoms with Gasteiger partial charge in [0, 0.05) is 17.4 Å². The fourth-order valence-corrected chi connectivity index (χ4v) is 2.26. The van der Waals surface area contributed by atoms with E-state index in [1.165, 1.54) is 16.8 Å². The van der Waals surface area contributed by atoms with Crippen molar-refractivity contribution in [3.8, 4) is 0 Å². The van der Waals surface area contributed by atoms with E-state index in [4.69, 9.17) is 5.73 Å². The Bertz CT molecular complexity index is 492. The third-order valence-corrected chi connectivity index (χ3v) is 3.13. The minimum absolute atomic E-state index is 0.0438. The molecule has 14 heavy (non-hydrogen) atoms. The van der Waals surface area contributed by atoms with Crippen molar-refractivity contribution in [2.45, 2.75) is 25.3 Å². The number of hydrogen-bond donors (Lipinski definition) is 1. The lowest BCUT2D eigenvalue weighted by Gasteiger charge is -2.10. The smallest absolute Gasteiger partial charge is 0.0571 e. The summed E-state index contributed by atoms with van der Waals surface area (Å²) in [5, 5.41) is 0. The van der Waals surface area contributed by atoms with Gasteiger partial charge in [-0.15, -0.1) is 0 Å². The normalized spacial score (nSPS) is 18.7. The average molecular weight is 186 g/mol. The minimum atomic E-state index is -0.0438. The zero-order chi connectivity index (χ0) is 9.76.